The van der Waals surface area contributed by atoms with Gasteiger partial charge in [0.2, 0.25) is 11.9 Å². The number of benzene rings is 1. The number of nitrogens with zero attached hydrogens (tertiary/aromatic N) is 6. The molecule has 10 heteroatoms. The number of aromatic nitrogens is 4. The van der Waals surface area contributed by atoms with Crippen LogP contribution in [-0.4, -0.2) is 72.1 Å². The van der Waals surface area contributed by atoms with E-state index in [1.165, 1.54) is 0 Å². The van der Waals surface area contributed by atoms with Gasteiger partial charge in [-0.15, -0.1) is 0 Å². The molecule has 0 atom stereocenters. The van der Waals surface area contributed by atoms with Crippen LogP contribution >= 0.6 is 0 Å². The van der Waals surface area contributed by atoms with E-state index in [-0.39, 0.29) is 0 Å². The van der Waals surface area contributed by atoms with E-state index in [1.807, 2.05) is 24.3 Å². The fourth-order valence-corrected chi connectivity index (χ4v) is 3.77. The van der Waals surface area contributed by atoms with Gasteiger partial charge in [-0.1, -0.05) is 6.07 Å². The Bertz CT molecular complexity index is 988. The van der Waals surface area contributed by atoms with Crippen LogP contribution in [0.25, 0.3) is 17.0 Å². The Hall–Kier alpha value is -3.11. The van der Waals surface area contributed by atoms with E-state index in [9.17, 15) is 0 Å². The zero-order valence-electron chi connectivity index (χ0n) is 16.1. The predicted molar refractivity (Wildman–Crippen MR) is 112 cm³/mol. The minimum Gasteiger partial charge on any atom is -0.397 e. The number of hydrogen-bond acceptors (Lipinski definition) is 9. The molecule has 2 aliphatic heterocycles. The lowest BCUT2D eigenvalue weighted by atomic mass is 10.3. The molecule has 10 nitrogen and oxygen atoms in total. The first kappa shape index (κ1) is 18.0. The minimum absolute atomic E-state index is 0.310. The molecule has 0 radical (unpaired) electrons. The van der Waals surface area contributed by atoms with Crippen LogP contribution in [0.15, 0.2) is 24.3 Å². The lowest BCUT2D eigenvalue weighted by Gasteiger charge is -2.31. The molecule has 4 heterocycles. The molecule has 0 saturated carbocycles. The standard InChI is InChI=1S/C19H24N8O2/c20-13-2-1-3-14-17(13)24-18(21)27(14)19-22-15(25-4-8-28-9-5-25)12-16(23-19)26-6-10-29-11-7-26/h1-3,12H,4-11,20H2,(H2,21,24). The van der Waals surface area contributed by atoms with Gasteiger partial charge in [0.25, 0.3) is 0 Å². The van der Waals surface area contributed by atoms with Crippen LogP contribution in [0.4, 0.5) is 23.3 Å². The monoisotopic (exact) mass is 396 g/mol. The highest BCUT2D eigenvalue weighted by Crippen LogP contribution is 2.28. The number of rotatable bonds is 3. The van der Waals surface area contributed by atoms with Crippen LogP contribution < -0.4 is 21.3 Å². The van der Waals surface area contributed by atoms with Gasteiger partial charge in [0.05, 0.1) is 37.6 Å². The van der Waals surface area contributed by atoms with Crippen LogP contribution in [-0.2, 0) is 9.47 Å². The summed E-state index contributed by atoms with van der Waals surface area (Å²) in [5.74, 6) is 2.50. The van der Waals surface area contributed by atoms with Gasteiger partial charge < -0.3 is 30.7 Å². The van der Waals surface area contributed by atoms with Crippen LogP contribution in [0.1, 0.15) is 0 Å². The Kier molecular flexibility index (Phi) is 4.57. The van der Waals surface area contributed by atoms with Gasteiger partial charge in [-0.3, -0.25) is 0 Å². The highest BCUT2D eigenvalue weighted by Gasteiger charge is 2.22. The van der Waals surface area contributed by atoms with Crippen molar-refractivity contribution in [1.82, 2.24) is 19.5 Å². The molecule has 152 valence electrons. The van der Waals surface area contributed by atoms with Crippen molar-refractivity contribution in [2.75, 3.05) is 73.9 Å². The second-order valence-corrected chi connectivity index (χ2v) is 7.10. The van der Waals surface area contributed by atoms with Gasteiger partial charge in [0.1, 0.15) is 17.2 Å². The molecule has 0 unspecified atom stereocenters. The summed E-state index contributed by atoms with van der Waals surface area (Å²) in [4.78, 5) is 18.5. The predicted octanol–water partition coefficient (Wildman–Crippen LogP) is 0.653. The van der Waals surface area contributed by atoms with Gasteiger partial charge in [-0.05, 0) is 12.1 Å². The van der Waals surface area contributed by atoms with Crippen molar-refractivity contribution in [2.45, 2.75) is 0 Å². The maximum Gasteiger partial charge on any atom is 0.241 e. The Balaban J connectivity index is 1.65. The number of nitrogens with two attached hydrogens (primary N) is 2. The Morgan fingerprint density at radius 3 is 1.97 bits per heavy atom. The first-order valence-electron chi connectivity index (χ1n) is 9.78. The van der Waals surface area contributed by atoms with E-state index in [0.717, 1.165) is 43.3 Å². The molecule has 1 aromatic carbocycles. The van der Waals surface area contributed by atoms with E-state index in [4.69, 9.17) is 30.9 Å². The smallest absolute Gasteiger partial charge is 0.241 e. The fraction of sp³-hybridized carbons (Fsp3) is 0.421. The van der Waals surface area contributed by atoms with Gasteiger partial charge in [0, 0.05) is 32.2 Å². The van der Waals surface area contributed by atoms with Crippen LogP contribution in [0, 0.1) is 0 Å². The molecule has 2 aromatic heterocycles. The molecule has 0 spiro atoms. The quantitative estimate of drug-likeness (QED) is 0.615. The molecule has 2 saturated heterocycles. The number of nitrogen functional groups attached to an aromatic ring is 2. The van der Waals surface area contributed by atoms with Crippen molar-refractivity contribution in [3.8, 4) is 5.95 Å². The van der Waals surface area contributed by atoms with E-state index in [2.05, 4.69) is 14.8 Å². The zero-order valence-corrected chi connectivity index (χ0v) is 16.1. The normalized spacial score (nSPS) is 17.8. The average molecular weight is 396 g/mol. The van der Waals surface area contributed by atoms with Crippen LogP contribution in [0.2, 0.25) is 0 Å². The number of hydrogen-bond donors (Lipinski definition) is 2. The molecule has 4 N–H and O–H groups in total. The molecular formula is C19H24N8O2. The summed E-state index contributed by atoms with van der Waals surface area (Å²) in [6.45, 7) is 5.85. The number of ether oxygens (including phenoxy) is 2. The third kappa shape index (κ3) is 3.30. The highest BCUT2D eigenvalue weighted by molar-refractivity contribution is 5.90. The van der Waals surface area contributed by atoms with E-state index >= 15 is 0 Å². The molecule has 0 aliphatic carbocycles. The Morgan fingerprint density at radius 1 is 0.793 bits per heavy atom. The zero-order chi connectivity index (χ0) is 19.8. The third-order valence-corrected chi connectivity index (χ3v) is 5.30. The molecule has 5 rings (SSSR count). The van der Waals surface area contributed by atoms with Gasteiger partial charge in [0.15, 0.2) is 0 Å². The maximum absolute atomic E-state index is 6.26. The topological polar surface area (TPSA) is 121 Å². The second kappa shape index (κ2) is 7.37. The van der Waals surface area contributed by atoms with Gasteiger partial charge in [-0.25, -0.2) is 9.55 Å². The van der Waals surface area contributed by atoms with E-state index in [0.29, 0.717) is 49.5 Å². The summed E-state index contributed by atoms with van der Waals surface area (Å²) in [5, 5.41) is 0. The van der Waals surface area contributed by atoms with E-state index in [1.54, 1.807) is 4.57 Å². The molecular weight excluding hydrogens is 372 g/mol. The summed E-state index contributed by atoms with van der Waals surface area (Å²) < 4.78 is 12.8. The van der Waals surface area contributed by atoms with Gasteiger partial charge in [-0.2, -0.15) is 9.97 Å². The van der Waals surface area contributed by atoms with Crippen molar-refractivity contribution >= 4 is 34.3 Å². The summed E-state index contributed by atoms with van der Waals surface area (Å²) in [5.41, 5.74) is 14.4. The first-order chi connectivity index (χ1) is 14.2. The van der Waals surface area contributed by atoms with E-state index < -0.39 is 0 Å². The lowest BCUT2D eigenvalue weighted by molar-refractivity contribution is 0.122. The molecule has 3 aromatic rings. The Labute approximate surface area is 168 Å². The number of anilines is 4. The number of morpholine rings is 2. The average Bonchev–Trinajstić information content (AvgIpc) is 3.12. The van der Waals surface area contributed by atoms with Crippen LogP contribution in [0.5, 0.6) is 0 Å². The summed E-state index contributed by atoms with van der Waals surface area (Å²) in [6, 6.07) is 7.64. The first-order valence-corrected chi connectivity index (χ1v) is 9.78. The number of imidazole rings is 1. The third-order valence-electron chi connectivity index (χ3n) is 5.30. The second-order valence-electron chi connectivity index (χ2n) is 7.10. The maximum atomic E-state index is 6.26. The summed E-state index contributed by atoms with van der Waals surface area (Å²) >= 11 is 0. The fourth-order valence-electron chi connectivity index (χ4n) is 3.77. The van der Waals surface area contributed by atoms with Crippen molar-refractivity contribution in [3.05, 3.63) is 24.3 Å². The molecule has 2 fully saturated rings. The SMILES string of the molecule is Nc1cccc2c1nc(N)n2-c1nc(N2CCOCC2)cc(N2CCOCC2)n1. The van der Waals surface area contributed by atoms with Crippen LogP contribution in [0.3, 0.4) is 0 Å². The van der Waals surface area contributed by atoms with Crippen molar-refractivity contribution in [1.29, 1.82) is 0 Å². The lowest BCUT2D eigenvalue weighted by Crippen LogP contribution is -2.39. The highest BCUT2D eigenvalue weighted by atomic mass is 16.5. The van der Waals surface area contributed by atoms with Crippen molar-refractivity contribution < 1.29 is 9.47 Å². The van der Waals surface area contributed by atoms with Crippen molar-refractivity contribution in [2.24, 2.45) is 0 Å². The molecule has 0 bridgehead atoms. The molecule has 29 heavy (non-hydrogen) atoms. The molecule has 2 aliphatic rings. The largest absolute Gasteiger partial charge is 0.397 e. The minimum atomic E-state index is 0.310. The van der Waals surface area contributed by atoms with Gasteiger partial charge >= 0.3 is 0 Å². The number of para-hydroxylation sites is 1. The molecule has 0 amide bonds. The number of fused-ring (bicyclic) bond motifs is 1. The summed E-state index contributed by atoms with van der Waals surface area (Å²) in [6.07, 6.45) is 0. The Morgan fingerprint density at radius 2 is 1.38 bits per heavy atom. The van der Waals surface area contributed by atoms with Crippen molar-refractivity contribution in [3.63, 3.8) is 0 Å². The summed E-state index contributed by atoms with van der Waals surface area (Å²) in [7, 11) is 0.